The summed E-state index contributed by atoms with van der Waals surface area (Å²) in [7, 11) is 1.55. The summed E-state index contributed by atoms with van der Waals surface area (Å²) in [5, 5.41) is 9.55. The lowest BCUT2D eigenvalue weighted by molar-refractivity contribution is 0.146. The van der Waals surface area contributed by atoms with Crippen molar-refractivity contribution in [1.82, 2.24) is 0 Å². The molecule has 1 aromatic carbocycles. The van der Waals surface area contributed by atoms with Gasteiger partial charge in [0.05, 0.1) is 13.7 Å². The van der Waals surface area contributed by atoms with Crippen LogP contribution in [0.1, 0.15) is 52.0 Å². The first-order valence-electron chi connectivity index (χ1n) is 8.64. The predicted octanol–water partition coefficient (Wildman–Crippen LogP) is 5.28. The van der Waals surface area contributed by atoms with Crippen molar-refractivity contribution in [3.8, 4) is 11.5 Å². The molecule has 0 fully saturated rings. The van der Waals surface area contributed by atoms with E-state index in [-0.39, 0.29) is 5.75 Å². The first-order valence-corrected chi connectivity index (χ1v) is 8.64. The summed E-state index contributed by atoms with van der Waals surface area (Å²) in [6.45, 7) is 8.30. The molecule has 0 aromatic heterocycles. The van der Waals surface area contributed by atoms with Gasteiger partial charge in [0.1, 0.15) is 0 Å². The highest BCUT2D eigenvalue weighted by Crippen LogP contribution is 2.26. The van der Waals surface area contributed by atoms with Crippen LogP contribution in [0.25, 0.3) is 6.08 Å². The van der Waals surface area contributed by atoms with E-state index in [4.69, 9.17) is 9.47 Å². The molecule has 23 heavy (non-hydrogen) atoms. The highest BCUT2D eigenvalue weighted by Gasteiger charge is 2.03. The van der Waals surface area contributed by atoms with E-state index >= 15 is 0 Å². The number of hydrogen-bond acceptors (Lipinski definition) is 3. The summed E-state index contributed by atoms with van der Waals surface area (Å²) < 4.78 is 10.8. The smallest absolute Gasteiger partial charge is 0.161 e. The van der Waals surface area contributed by atoms with E-state index in [0.717, 1.165) is 30.4 Å². The molecule has 0 radical (unpaired) electrons. The third-order valence-electron chi connectivity index (χ3n) is 3.96. The van der Waals surface area contributed by atoms with Gasteiger partial charge in [0, 0.05) is 6.61 Å². The van der Waals surface area contributed by atoms with Crippen LogP contribution in [-0.2, 0) is 4.74 Å². The summed E-state index contributed by atoms with van der Waals surface area (Å²) in [4.78, 5) is 0. The molecule has 3 nitrogen and oxygen atoms in total. The van der Waals surface area contributed by atoms with Crippen molar-refractivity contribution < 1.29 is 14.6 Å². The van der Waals surface area contributed by atoms with Crippen LogP contribution in [0.3, 0.4) is 0 Å². The van der Waals surface area contributed by atoms with Gasteiger partial charge in [-0.3, -0.25) is 0 Å². The molecule has 0 saturated heterocycles. The average Bonchev–Trinajstić information content (AvgIpc) is 2.51. The molecule has 1 aromatic rings. The van der Waals surface area contributed by atoms with E-state index in [1.807, 2.05) is 24.3 Å². The molecule has 130 valence electrons. The monoisotopic (exact) mass is 320 g/mol. The molecule has 0 bridgehead atoms. The number of aromatic hydroxyl groups is 1. The molecule has 0 aliphatic carbocycles. The predicted molar refractivity (Wildman–Crippen MR) is 97.0 cm³/mol. The zero-order valence-electron chi connectivity index (χ0n) is 15.0. The lowest BCUT2D eigenvalue weighted by Crippen LogP contribution is -2.03. The maximum Gasteiger partial charge on any atom is 0.161 e. The van der Waals surface area contributed by atoms with E-state index in [2.05, 4.69) is 20.8 Å². The summed E-state index contributed by atoms with van der Waals surface area (Å²) in [5.74, 6) is 2.19. The highest BCUT2D eigenvalue weighted by molar-refractivity contribution is 5.55. The molecule has 0 amide bonds. The van der Waals surface area contributed by atoms with Gasteiger partial charge in [0.25, 0.3) is 0 Å². The maximum absolute atomic E-state index is 9.55. The minimum Gasteiger partial charge on any atom is -0.504 e. The Morgan fingerprint density at radius 3 is 2.61 bits per heavy atom. The second-order valence-electron chi connectivity index (χ2n) is 6.63. The average molecular weight is 320 g/mol. The molecule has 1 atom stereocenters. The van der Waals surface area contributed by atoms with Gasteiger partial charge >= 0.3 is 0 Å². The van der Waals surface area contributed by atoms with E-state index in [1.165, 1.54) is 19.3 Å². The Morgan fingerprint density at radius 1 is 1.13 bits per heavy atom. The number of ether oxygens (including phenoxy) is 2. The van der Waals surface area contributed by atoms with Crippen molar-refractivity contribution in [2.45, 2.75) is 46.5 Å². The fourth-order valence-electron chi connectivity index (χ4n) is 2.44. The van der Waals surface area contributed by atoms with Crippen LogP contribution in [0.5, 0.6) is 11.5 Å². The van der Waals surface area contributed by atoms with Crippen molar-refractivity contribution in [2.24, 2.45) is 11.8 Å². The van der Waals surface area contributed by atoms with E-state index in [0.29, 0.717) is 12.4 Å². The van der Waals surface area contributed by atoms with Gasteiger partial charge in [-0.05, 0) is 36.0 Å². The van der Waals surface area contributed by atoms with E-state index < -0.39 is 0 Å². The lowest BCUT2D eigenvalue weighted by Gasteiger charge is -2.12. The number of benzene rings is 1. The lowest BCUT2D eigenvalue weighted by atomic mass is 9.98. The molecule has 3 heteroatoms. The minimum absolute atomic E-state index is 0.160. The van der Waals surface area contributed by atoms with E-state index in [1.54, 1.807) is 13.2 Å². The van der Waals surface area contributed by atoms with Crippen molar-refractivity contribution >= 4 is 6.08 Å². The van der Waals surface area contributed by atoms with Crippen LogP contribution in [0.2, 0.25) is 0 Å². The fraction of sp³-hybridized carbons (Fsp3) is 0.600. The zero-order valence-corrected chi connectivity index (χ0v) is 15.0. The van der Waals surface area contributed by atoms with Crippen LogP contribution in [0.15, 0.2) is 24.3 Å². The first kappa shape index (κ1) is 19.6. The maximum atomic E-state index is 9.55. The second kappa shape index (κ2) is 11.1. The van der Waals surface area contributed by atoms with E-state index in [9.17, 15) is 5.11 Å². The van der Waals surface area contributed by atoms with Crippen LogP contribution in [-0.4, -0.2) is 25.4 Å². The van der Waals surface area contributed by atoms with Crippen molar-refractivity contribution in [2.75, 3.05) is 20.3 Å². The fourth-order valence-corrected chi connectivity index (χ4v) is 2.44. The molecule has 0 heterocycles. The second-order valence-corrected chi connectivity index (χ2v) is 6.63. The topological polar surface area (TPSA) is 38.7 Å². The van der Waals surface area contributed by atoms with Gasteiger partial charge < -0.3 is 14.6 Å². The van der Waals surface area contributed by atoms with Crippen LogP contribution in [0, 0.1) is 11.8 Å². The Labute approximate surface area is 141 Å². The van der Waals surface area contributed by atoms with Crippen LogP contribution < -0.4 is 4.74 Å². The van der Waals surface area contributed by atoms with Gasteiger partial charge in [-0.1, -0.05) is 58.3 Å². The third-order valence-corrected chi connectivity index (χ3v) is 3.96. The molecule has 1 unspecified atom stereocenters. The van der Waals surface area contributed by atoms with Crippen LogP contribution >= 0.6 is 0 Å². The van der Waals surface area contributed by atoms with Gasteiger partial charge in [-0.2, -0.15) is 0 Å². The van der Waals surface area contributed by atoms with Gasteiger partial charge in [0.2, 0.25) is 0 Å². The quantitative estimate of drug-likeness (QED) is 0.563. The summed E-state index contributed by atoms with van der Waals surface area (Å²) in [5.41, 5.74) is 0.991. The number of hydrogen-bond donors (Lipinski definition) is 1. The Hall–Kier alpha value is -1.48. The number of rotatable bonds is 11. The van der Waals surface area contributed by atoms with Gasteiger partial charge in [0.15, 0.2) is 11.5 Å². The molecule has 0 spiro atoms. The first-order chi connectivity index (χ1) is 11.0. The molecule has 0 aliphatic heterocycles. The Kier molecular flexibility index (Phi) is 9.46. The number of phenolic OH excluding ortho intramolecular Hbond substituents is 1. The number of methoxy groups -OCH3 is 1. The van der Waals surface area contributed by atoms with Crippen LogP contribution in [0.4, 0.5) is 0 Å². The normalized spacial score (nSPS) is 12.9. The Balaban J connectivity index is 2.17. The van der Waals surface area contributed by atoms with Crippen molar-refractivity contribution in [3.63, 3.8) is 0 Å². The highest BCUT2D eigenvalue weighted by atomic mass is 16.5. The standard InChI is InChI=1S/C20H32O3/c1-16(2)7-5-8-17(3)12-14-23-13-6-9-18-10-11-19(21)20(15-18)22-4/h6,9-11,15-17,21H,5,7-8,12-14H2,1-4H3/b9-6+. The molecular formula is C20H32O3. The molecule has 0 saturated carbocycles. The van der Waals surface area contributed by atoms with Crippen molar-refractivity contribution in [1.29, 1.82) is 0 Å². The summed E-state index contributed by atoms with van der Waals surface area (Å²) in [6, 6.07) is 5.30. The summed E-state index contributed by atoms with van der Waals surface area (Å²) in [6.07, 6.45) is 9.04. The van der Waals surface area contributed by atoms with Gasteiger partial charge in [-0.15, -0.1) is 0 Å². The van der Waals surface area contributed by atoms with Gasteiger partial charge in [-0.25, -0.2) is 0 Å². The minimum atomic E-state index is 0.160. The Bertz CT molecular complexity index is 466. The summed E-state index contributed by atoms with van der Waals surface area (Å²) >= 11 is 0. The number of phenols is 1. The largest absolute Gasteiger partial charge is 0.504 e. The Morgan fingerprint density at radius 2 is 1.91 bits per heavy atom. The molecule has 1 rings (SSSR count). The van der Waals surface area contributed by atoms with Crippen molar-refractivity contribution in [3.05, 3.63) is 29.8 Å². The molecular weight excluding hydrogens is 288 g/mol. The third kappa shape index (κ3) is 8.65. The molecule has 0 aliphatic rings. The molecule has 1 N–H and O–H groups in total. The zero-order chi connectivity index (χ0) is 17.1. The SMILES string of the molecule is COc1cc(/C=C/COCCC(C)CCCC(C)C)ccc1O.